The van der Waals surface area contributed by atoms with E-state index in [1.807, 2.05) is 0 Å². The molecule has 2 atom stereocenters. The van der Waals surface area contributed by atoms with Gasteiger partial charge in [0.05, 0.1) is 0 Å². The summed E-state index contributed by atoms with van der Waals surface area (Å²) in [7, 11) is 0. The number of nitrogens with zero attached hydrogens (tertiary/aromatic N) is 1. The molecule has 86 valence electrons. The number of benzene rings is 1. The summed E-state index contributed by atoms with van der Waals surface area (Å²) in [6.45, 7) is 7.47. The van der Waals surface area contributed by atoms with Crippen molar-refractivity contribution < 1.29 is 0 Å². The maximum atomic E-state index is 2.72. The Labute approximate surface area is 98.5 Å². The van der Waals surface area contributed by atoms with Crippen LogP contribution in [0.1, 0.15) is 43.7 Å². The van der Waals surface area contributed by atoms with Crippen molar-refractivity contribution in [2.75, 3.05) is 13.1 Å². The van der Waals surface area contributed by atoms with Crippen LogP contribution in [0.4, 0.5) is 0 Å². The average molecular weight is 215 g/mol. The van der Waals surface area contributed by atoms with Gasteiger partial charge >= 0.3 is 0 Å². The van der Waals surface area contributed by atoms with E-state index in [0.29, 0.717) is 11.5 Å². The molecule has 0 spiro atoms. The van der Waals surface area contributed by atoms with E-state index < -0.39 is 0 Å². The third-order valence-corrected chi connectivity index (χ3v) is 4.83. The number of likely N-dealkylation sites (tertiary alicyclic amines) is 1. The lowest BCUT2D eigenvalue weighted by Gasteiger charge is -2.39. The van der Waals surface area contributed by atoms with E-state index in [-0.39, 0.29) is 0 Å². The smallest absolute Gasteiger partial charge is 0.0287 e. The van der Waals surface area contributed by atoms with E-state index in [2.05, 4.69) is 43.0 Å². The molecule has 1 saturated heterocycles. The molecular weight excluding hydrogens is 194 g/mol. The van der Waals surface area contributed by atoms with Crippen LogP contribution in [-0.2, 0) is 6.42 Å². The van der Waals surface area contributed by atoms with Crippen molar-refractivity contribution in [3.8, 4) is 0 Å². The summed E-state index contributed by atoms with van der Waals surface area (Å²) in [5.74, 6) is 0.682. The average Bonchev–Trinajstić information content (AvgIpc) is 2.89. The highest BCUT2D eigenvalue weighted by Gasteiger charge is 2.44. The van der Waals surface area contributed by atoms with Crippen molar-refractivity contribution in [2.45, 2.75) is 44.6 Å². The third-order valence-electron chi connectivity index (χ3n) is 4.83. The Balaban J connectivity index is 1.95. The Morgan fingerprint density at radius 1 is 1.19 bits per heavy atom. The first-order valence-corrected chi connectivity index (χ1v) is 6.55. The molecule has 1 aliphatic carbocycles. The van der Waals surface area contributed by atoms with Crippen molar-refractivity contribution >= 4 is 0 Å². The fraction of sp³-hybridized carbons (Fsp3) is 0.600. The van der Waals surface area contributed by atoms with Crippen molar-refractivity contribution in [3.05, 3.63) is 35.4 Å². The summed E-state index contributed by atoms with van der Waals surface area (Å²) in [6.07, 6.45) is 4.02. The molecule has 3 rings (SSSR count). The topological polar surface area (TPSA) is 3.24 Å². The van der Waals surface area contributed by atoms with Crippen LogP contribution in [0.25, 0.3) is 0 Å². The highest BCUT2D eigenvalue weighted by atomic mass is 15.2. The van der Waals surface area contributed by atoms with E-state index in [1.54, 1.807) is 11.1 Å². The van der Waals surface area contributed by atoms with Gasteiger partial charge in [-0.3, -0.25) is 4.90 Å². The molecule has 1 aromatic carbocycles. The zero-order valence-corrected chi connectivity index (χ0v) is 10.4. The van der Waals surface area contributed by atoms with E-state index in [4.69, 9.17) is 0 Å². The van der Waals surface area contributed by atoms with Gasteiger partial charge in [-0.2, -0.15) is 0 Å². The highest BCUT2D eigenvalue weighted by Crippen LogP contribution is 2.45. The predicted molar refractivity (Wildman–Crippen MR) is 67.8 cm³/mol. The Bertz CT molecular complexity index is 392. The SMILES string of the molecule is C[C@@H]1c2ccccc2C[C@@]1(C)N1CCCC1. The lowest BCUT2D eigenvalue weighted by atomic mass is 9.86. The van der Waals surface area contributed by atoms with Gasteiger partial charge in [0.15, 0.2) is 0 Å². The first-order valence-electron chi connectivity index (χ1n) is 6.55. The second kappa shape index (κ2) is 3.59. The third kappa shape index (κ3) is 1.34. The molecule has 1 aromatic rings. The van der Waals surface area contributed by atoms with Crippen molar-refractivity contribution in [1.82, 2.24) is 4.90 Å². The summed E-state index contributed by atoms with van der Waals surface area (Å²) in [4.78, 5) is 2.72. The normalized spacial score (nSPS) is 34.2. The second-order valence-electron chi connectivity index (χ2n) is 5.65. The predicted octanol–water partition coefficient (Wildman–Crippen LogP) is 3.20. The minimum atomic E-state index is 0.375. The zero-order valence-electron chi connectivity index (χ0n) is 10.4. The van der Waals surface area contributed by atoms with Gasteiger partial charge in [-0.1, -0.05) is 31.2 Å². The van der Waals surface area contributed by atoms with E-state index in [1.165, 1.54) is 32.4 Å². The summed E-state index contributed by atoms with van der Waals surface area (Å²) in [6, 6.07) is 9.00. The molecular formula is C15H21N. The van der Waals surface area contributed by atoms with Crippen LogP contribution < -0.4 is 0 Å². The monoisotopic (exact) mass is 215 g/mol. The lowest BCUT2D eigenvalue weighted by molar-refractivity contribution is 0.122. The Hall–Kier alpha value is -0.820. The van der Waals surface area contributed by atoms with Gasteiger partial charge in [0, 0.05) is 5.54 Å². The van der Waals surface area contributed by atoms with Crippen molar-refractivity contribution in [3.63, 3.8) is 0 Å². The quantitative estimate of drug-likeness (QED) is 0.695. The molecule has 0 radical (unpaired) electrons. The molecule has 1 aliphatic heterocycles. The van der Waals surface area contributed by atoms with Crippen LogP contribution in [0.2, 0.25) is 0 Å². The summed E-state index contributed by atoms with van der Waals surface area (Å²) in [5, 5.41) is 0. The first kappa shape index (κ1) is 10.3. The standard InChI is InChI=1S/C15H21N/c1-12-14-8-4-3-7-13(14)11-15(12,2)16-9-5-6-10-16/h3-4,7-8,12H,5-6,9-11H2,1-2H3/t12-,15-/m1/s1. The molecule has 1 heteroatoms. The van der Waals surface area contributed by atoms with Crippen LogP contribution in [0.3, 0.4) is 0 Å². The van der Waals surface area contributed by atoms with Gasteiger partial charge in [-0.15, -0.1) is 0 Å². The molecule has 0 amide bonds. The van der Waals surface area contributed by atoms with Crippen molar-refractivity contribution in [2.24, 2.45) is 0 Å². The van der Waals surface area contributed by atoms with Gasteiger partial charge in [0.2, 0.25) is 0 Å². The molecule has 1 fully saturated rings. The molecule has 0 unspecified atom stereocenters. The van der Waals surface area contributed by atoms with E-state index in [0.717, 1.165) is 0 Å². The molecule has 2 aliphatic rings. The van der Waals surface area contributed by atoms with Crippen LogP contribution in [0.5, 0.6) is 0 Å². The maximum absolute atomic E-state index is 2.72. The first-order chi connectivity index (χ1) is 7.72. The largest absolute Gasteiger partial charge is 0.297 e. The van der Waals surface area contributed by atoms with Crippen LogP contribution >= 0.6 is 0 Å². The van der Waals surface area contributed by atoms with E-state index >= 15 is 0 Å². The molecule has 0 N–H and O–H groups in total. The van der Waals surface area contributed by atoms with Gasteiger partial charge < -0.3 is 0 Å². The Morgan fingerprint density at radius 3 is 2.56 bits per heavy atom. The fourth-order valence-corrected chi connectivity index (χ4v) is 3.60. The molecule has 1 heterocycles. The molecule has 1 nitrogen and oxygen atoms in total. The minimum Gasteiger partial charge on any atom is -0.297 e. The van der Waals surface area contributed by atoms with E-state index in [9.17, 15) is 0 Å². The molecule has 16 heavy (non-hydrogen) atoms. The second-order valence-corrected chi connectivity index (χ2v) is 5.65. The lowest BCUT2D eigenvalue weighted by Crippen LogP contribution is -2.47. The number of fused-ring (bicyclic) bond motifs is 1. The number of rotatable bonds is 1. The Morgan fingerprint density at radius 2 is 1.88 bits per heavy atom. The molecule has 0 bridgehead atoms. The maximum Gasteiger partial charge on any atom is 0.0287 e. The van der Waals surface area contributed by atoms with Crippen molar-refractivity contribution in [1.29, 1.82) is 0 Å². The van der Waals surface area contributed by atoms with Gasteiger partial charge in [-0.25, -0.2) is 0 Å². The summed E-state index contributed by atoms with van der Waals surface area (Å²) < 4.78 is 0. The molecule has 0 saturated carbocycles. The Kier molecular flexibility index (Phi) is 2.32. The van der Waals surface area contributed by atoms with Gasteiger partial charge in [-0.05, 0) is 56.3 Å². The van der Waals surface area contributed by atoms with Gasteiger partial charge in [0.1, 0.15) is 0 Å². The zero-order chi connectivity index (χ0) is 11.2. The van der Waals surface area contributed by atoms with Crippen LogP contribution in [-0.4, -0.2) is 23.5 Å². The summed E-state index contributed by atoms with van der Waals surface area (Å²) >= 11 is 0. The summed E-state index contributed by atoms with van der Waals surface area (Å²) in [5.41, 5.74) is 3.53. The highest BCUT2D eigenvalue weighted by molar-refractivity contribution is 5.40. The minimum absolute atomic E-state index is 0.375. The van der Waals surface area contributed by atoms with Crippen LogP contribution in [0, 0.1) is 0 Å². The number of hydrogen-bond donors (Lipinski definition) is 0. The van der Waals surface area contributed by atoms with Crippen LogP contribution in [0.15, 0.2) is 24.3 Å². The fourth-order valence-electron chi connectivity index (χ4n) is 3.60. The van der Waals surface area contributed by atoms with Gasteiger partial charge in [0.25, 0.3) is 0 Å². The number of hydrogen-bond acceptors (Lipinski definition) is 1. The molecule has 0 aromatic heterocycles.